The highest BCUT2D eigenvalue weighted by molar-refractivity contribution is 8.01. The number of carbonyl (C=O) groups excluding carboxylic acids is 2. The highest BCUT2D eigenvalue weighted by atomic mass is 32.2. The molecule has 4 heterocycles. The van der Waals surface area contributed by atoms with E-state index in [1.165, 1.54) is 42.9 Å². The van der Waals surface area contributed by atoms with Crippen molar-refractivity contribution in [1.82, 2.24) is 25.0 Å². The molecule has 0 spiro atoms. The van der Waals surface area contributed by atoms with Crippen LogP contribution in [0, 0.1) is 0 Å². The fourth-order valence-electron chi connectivity index (χ4n) is 3.45. The first kappa shape index (κ1) is 24.3. The minimum atomic E-state index is -1.30. The topological polar surface area (TPSA) is 189 Å². The lowest BCUT2D eigenvalue weighted by atomic mass is 10.0. The van der Waals surface area contributed by atoms with Crippen molar-refractivity contribution in [1.29, 1.82) is 0 Å². The Kier molecular flexibility index (Phi) is 6.83. The second-order valence-electron chi connectivity index (χ2n) is 7.21. The van der Waals surface area contributed by atoms with Crippen LogP contribution in [-0.4, -0.2) is 78.3 Å². The molecule has 3 N–H and O–H groups in total. The number of aryl methyl sites for hydroxylation is 1. The molecule has 35 heavy (non-hydrogen) atoms. The number of aromatic nitrogens is 3. The number of carboxylic acids is 1. The molecule has 2 amide bonds. The van der Waals surface area contributed by atoms with Crippen LogP contribution in [0.3, 0.4) is 0 Å². The molecule has 0 aliphatic carbocycles. The number of carbonyl (C=O) groups is 3. The van der Waals surface area contributed by atoms with Crippen LogP contribution in [-0.2, 0) is 26.3 Å². The summed E-state index contributed by atoms with van der Waals surface area (Å²) in [6, 6.07) is 2.09. The second-order valence-corrected chi connectivity index (χ2v) is 9.25. The number of carboxylic acid groups (broad SMARTS) is 1. The van der Waals surface area contributed by atoms with Crippen LogP contribution in [0.5, 0.6) is 0 Å². The maximum Gasteiger partial charge on any atom is 0.352 e. The van der Waals surface area contributed by atoms with Gasteiger partial charge < -0.3 is 19.7 Å². The largest absolute Gasteiger partial charge is 0.477 e. The van der Waals surface area contributed by atoms with Gasteiger partial charge in [0, 0.05) is 18.6 Å². The molecule has 2 aliphatic heterocycles. The summed E-state index contributed by atoms with van der Waals surface area (Å²) in [5, 5.41) is 17.9. The van der Waals surface area contributed by atoms with Crippen molar-refractivity contribution in [2.75, 3.05) is 18.6 Å². The fourth-order valence-corrected chi connectivity index (χ4v) is 5.85. The van der Waals surface area contributed by atoms with Crippen LogP contribution < -0.4 is 16.4 Å². The number of fused-ring (bicyclic) bond motifs is 1. The van der Waals surface area contributed by atoms with Gasteiger partial charge in [-0.1, -0.05) is 16.9 Å². The van der Waals surface area contributed by atoms with Gasteiger partial charge in [-0.3, -0.25) is 33.9 Å². The van der Waals surface area contributed by atoms with Gasteiger partial charge in [0.2, 0.25) is 5.71 Å². The van der Waals surface area contributed by atoms with Gasteiger partial charge in [-0.25, -0.2) is 4.79 Å². The number of thioether (sulfide) groups is 2. The van der Waals surface area contributed by atoms with Gasteiger partial charge in [0.1, 0.15) is 24.2 Å². The summed E-state index contributed by atoms with van der Waals surface area (Å²) < 4.78 is 6.44. The second kappa shape index (κ2) is 9.83. The van der Waals surface area contributed by atoms with Crippen molar-refractivity contribution in [2.24, 2.45) is 12.2 Å². The Labute approximate surface area is 204 Å². The highest BCUT2D eigenvalue weighted by Crippen LogP contribution is 2.41. The molecular weight excluding hydrogens is 504 g/mol. The number of oxime groups is 1. The molecule has 2 aromatic rings. The maximum atomic E-state index is 12.9. The summed E-state index contributed by atoms with van der Waals surface area (Å²) in [6.07, 6.45) is 1.35. The number of nitrogens with zero attached hydrogens (tertiary/aromatic N) is 4. The number of rotatable bonds is 8. The number of hydrogen-bond acceptors (Lipinski definition) is 11. The first-order valence-electron chi connectivity index (χ1n) is 9.89. The molecule has 14 nitrogen and oxygen atoms in total. The molecule has 16 heteroatoms. The maximum absolute atomic E-state index is 12.9. The fraction of sp³-hybridized carbons (Fsp3) is 0.316. The van der Waals surface area contributed by atoms with E-state index in [1.54, 1.807) is 6.07 Å². The smallest absolute Gasteiger partial charge is 0.352 e. The quantitative estimate of drug-likeness (QED) is 0.126. The molecule has 4 rings (SSSR count). The lowest BCUT2D eigenvalue weighted by Crippen LogP contribution is -2.71. The third-order valence-corrected chi connectivity index (χ3v) is 7.47. The Balaban J connectivity index is 1.51. The lowest BCUT2D eigenvalue weighted by molar-refractivity contribution is -0.150. The number of aromatic amines is 1. The van der Waals surface area contributed by atoms with E-state index < -0.39 is 40.3 Å². The first-order chi connectivity index (χ1) is 16.7. The standard InChI is InChI=1S/C19H18N6O8S2/c1-24-19(21-14(27)15(28)22-24)35-7-8-6-34-17-11(16(29)25(17)12(8)18(30)31)20-13(26)10(23-32-2)9-4-3-5-33-9/h3-5,11,17H,6-7H2,1-2H3,(H,20,26)(H,22,28)(H,30,31)/b23-10-/t11-,17+/m1/s1. The van der Waals surface area contributed by atoms with Crippen molar-refractivity contribution in [3.63, 3.8) is 0 Å². The lowest BCUT2D eigenvalue weighted by Gasteiger charge is -2.49. The summed E-state index contributed by atoms with van der Waals surface area (Å²) in [6.45, 7) is 0. The van der Waals surface area contributed by atoms with Gasteiger partial charge in [-0.15, -0.1) is 11.8 Å². The van der Waals surface area contributed by atoms with Crippen LogP contribution in [0.15, 0.2) is 54.0 Å². The third kappa shape index (κ3) is 4.61. The number of H-pyrrole nitrogens is 1. The molecular formula is C19H18N6O8S2. The van der Waals surface area contributed by atoms with E-state index in [0.717, 1.165) is 16.7 Å². The predicted molar refractivity (Wildman–Crippen MR) is 123 cm³/mol. The molecule has 1 saturated heterocycles. The molecule has 2 aliphatic rings. The average Bonchev–Trinajstić information content (AvgIpc) is 3.36. The van der Waals surface area contributed by atoms with Crippen LogP contribution in [0.25, 0.3) is 0 Å². The SMILES string of the molecule is CO/N=C(\C(=O)N[C@@H]1C(=O)N2C(C(=O)O)=C(CSc3nc(=O)c(=O)[nH]n3C)CS[C@@H]12)c1ccco1. The van der Waals surface area contributed by atoms with Crippen LogP contribution >= 0.6 is 23.5 Å². The molecule has 2 aromatic heterocycles. The molecule has 0 unspecified atom stereocenters. The zero-order chi connectivity index (χ0) is 25.3. The van der Waals surface area contributed by atoms with E-state index >= 15 is 0 Å². The van der Waals surface area contributed by atoms with E-state index in [0.29, 0.717) is 5.57 Å². The van der Waals surface area contributed by atoms with Crippen molar-refractivity contribution >= 4 is 47.0 Å². The number of nitrogens with one attached hydrogen (secondary N) is 2. The van der Waals surface area contributed by atoms with Crippen molar-refractivity contribution < 1.29 is 28.7 Å². The molecule has 0 aromatic carbocycles. The zero-order valence-electron chi connectivity index (χ0n) is 18.2. The average molecular weight is 523 g/mol. The van der Waals surface area contributed by atoms with Crippen LogP contribution in [0.2, 0.25) is 0 Å². The molecule has 0 saturated carbocycles. The molecule has 0 bridgehead atoms. The van der Waals surface area contributed by atoms with Crippen molar-refractivity contribution in [3.05, 3.63) is 56.1 Å². The van der Waals surface area contributed by atoms with Gasteiger partial charge in [0.25, 0.3) is 11.8 Å². The minimum Gasteiger partial charge on any atom is -0.477 e. The highest BCUT2D eigenvalue weighted by Gasteiger charge is 2.54. The van der Waals surface area contributed by atoms with E-state index in [2.05, 4.69) is 20.6 Å². The molecule has 1 fully saturated rings. The van der Waals surface area contributed by atoms with Gasteiger partial charge in [0.05, 0.1) is 6.26 Å². The Morgan fingerprint density at radius 1 is 1.43 bits per heavy atom. The Bertz CT molecular complexity index is 1360. The number of β-lactam (4-membered cyclic amide) rings is 1. The molecule has 0 radical (unpaired) electrons. The Hall–Kier alpha value is -3.79. The summed E-state index contributed by atoms with van der Waals surface area (Å²) in [7, 11) is 2.75. The molecule has 2 atom stereocenters. The predicted octanol–water partition coefficient (Wildman–Crippen LogP) is -1.06. The van der Waals surface area contributed by atoms with Crippen LogP contribution in [0.1, 0.15) is 5.76 Å². The van der Waals surface area contributed by atoms with Crippen molar-refractivity contribution in [3.8, 4) is 0 Å². The van der Waals surface area contributed by atoms with E-state index in [4.69, 9.17) is 9.25 Å². The zero-order valence-corrected chi connectivity index (χ0v) is 19.8. The molecule has 184 valence electrons. The van der Waals surface area contributed by atoms with E-state index in [9.17, 15) is 29.1 Å². The third-order valence-electron chi connectivity index (χ3n) is 5.01. The Morgan fingerprint density at radius 2 is 2.20 bits per heavy atom. The number of amides is 2. The van der Waals surface area contributed by atoms with Gasteiger partial charge >= 0.3 is 17.1 Å². The van der Waals surface area contributed by atoms with Gasteiger partial charge in [-0.05, 0) is 17.7 Å². The Morgan fingerprint density at radius 3 is 2.86 bits per heavy atom. The summed E-state index contributed by atoms with van der Waals surface area (Å²) >= 11 is 2.32. The number of hydrogen-bond donors (Lipinski definition) is 3. The van der Waals surface area contributed by atoms with Gasteiger partial charge in [0.15, 0.2) is 10.9 Å². The first-order valence-corrected chi connectivity index (χ1v) is 11.9. The van der Waals surface area contributed by atoms with E-state index in [-0.39, 0.29) is 33.8 Å². The summed E-state index contributed by atoms with van der Waals surface area (Å²) in [5.74, 6) is -2.11. The van der Waals surface area contributed by atoms with Crippen molar-refractivity contribution in [2.45, 2.75) is 16.6 Å². The van der Waals surface area contributed by atoms with Crippen LogP contribution in [0.4, 0.5) is 0 Å². The minimum absolute atomic E-state index is 0.109. The monoisotopic (exact) mass is 522 g/mol. The number of aliphatic carboxylic acids is 1. The van der Waals surface area contributed by atoms with Gasteiger partial charge in [-0.2, -0.15) is 4.98 Å². The summed E-state index contributed by atoms with van der Waals surface area (Å²) in [5.41, 5.74) is -1.76. The number of furan rings is 1. The summed E-state index contributed by atoms with van der Waals surface area (Å²) in [4.78, 5) is 70.0. The normalized spacial score (nSPS) is 19.8. The van der Waals surface area contributed by atoms with E-state index in [1.807, 2.05) is 0 Å².